The predicted octanol–water partition coefficient (Wildman–Crippen LogP) is 3.93. The highest BCUT2D eigenvalue weighted by Gasteiger charge is 2.14. The van der Waals surface area contributed by atoms with Crippen LogP contribution in [0.5, 0.6) is 5.75 Å². The first-order valence-electron chi connectivity index (χ1n) is 8.49. The molecule has 0 fully saturated rings. The molecule has 2 aromatic carbocycles. The topological polar surface area (TPSA) is 104 Å². The molecular formula is C21H16ClN3O4. The Bertz CT molecular complexity index is 1170. The number of amides is 1. The van der Waals surface area contributed by atoms with Crippen molar-refractivity contribution in [3.63, 3.8) is 0 Å². The highest BCUT2D eigenvalue weighted by molar-refractivity contribution is 6.32. The Hall–Kier alpha value is -3.76. The second-order valence-electron chi connectivity index (χ2n) is 6.10. The maximum atomic E-state index is 12.6. The summed E-state index contributed by atoms with van der Waals surface area (Å²) in [6, 6.07) is 13.8. The van der Waals surface area contributed by atoms with Crippen LogP contribution < -0.4 is 10.1 Å². The minimum atomic E-state index is -0.990. The Kier molecular flexibility index (Phi) is 5.86. The number of ether oxygens (including phenoxy) is 1. The highest BCUT2D eigenvalue weighted by Crippen LogP contribution is 2.28. The molecule has 0 radical (unpaired) electrons. The van der Waals surface area contributed by atoms with E-state index in [0.29, 0.717) is 27.5 Å². The lowest BCUT2D eigenvalue weighted by Crippen LogP contribution is -2.13. The van der Waals surface area contributed by atoms with Crippen molar-refractivity contribution in [3.05, 3.63) is 64.8 Å². The Morgan fingerprint density at radius 2 is 2.07 bits per heavy atom. The number of carboxylic acids is 1. The molecule has 0 aliphatic carbocycles. The number of hydrogen-bond donors (Lipinski definition) is 2. The van der Waals surface area contributed by atoms with E-state index >= 15 is 0 Å². The number of methoxy groups -OCH3 is 1. The summed E-state index contributed by atoms with van der Waals surface area (Å²) in [4.78, 5) is 23.7. The maximum absolute atomic E-state index is 12.6. The maximum Gasteiger partial charge on any atom is 0.323 e. The van der Waals surface area contributed by atoms with E-state index in [2.05, 4.69) is 5.32 Å². The lowest BCUT2D eigenvalue weighted by Gasteiger charge is -2.07. The van der Waals surface area contributed by atoms with Gasteiger partial charge in [0.05, 0.1) is 12.1 Å². The molecule has 0 atom stereocenters. The van der Waals surface area contributed by atoms with Crippen LogP contribution >= 0.6 is 11.6 Å². The van der Waals surface area contributed by atoms with Gasteiger partial charge in [-0.25, -0.2) is 0 Å². The van der Waals surface area contributed by atoms with Crippen molar-refractivity contribution in [3.8, 4) is 11.8 Å². The molecule has 7 nitrogen and oxygen atoms in total. The van der Waals surface area contributed by atoms with Crippen molar-refractivity contribution in [1.29, 1.82) is 5.26 Å². The molecule has 29 heavy (non-hydrogen) atoms. The number of fused-ring (bicyclic) bond motifs is 1. The van der Waals surface area contributed by atoms with E-state index in [1.54, 1.807) is 47.2 Å². The fourth-order valence-electron chi connectivity index (χ4n) is 2.91. The highest BCUT2D eigenvalue weighted by atomic mass is 35.5. The Balaban J connectivity index is 1.93. The van der Waals surface area contributed by atoms with Gasteiger partial charge in [0.1, 0.15) is 23.9 Å². The van der Waals surface area contributed by atoms with E-state index in [1.807, 2.05) is 6.07 Å². The van der Waals surface area contributed by atoms with Crippen LogP contribution in [0.15, 0.2) is 54.2 Å². The van der Waals surface area contributed by atoms with Crippen molar-refractivity contribution >= 4 is 46.1 Å². The molecular weight excluding hydrogens is 394 g/mol. The van der Waals surface area contributed by atoms with Crippen LogP contribution in [0.2, 0.25) is 5.02 Å². The van der Waals surface area contributed by atoms with Crippen LogP contribution in [-0.2, 0) is 16.1 Å². The molecule has 0 spiro atoms. The number of para-hydroxylation sites is 1. The first kappa shape index (κ1) is 20.0. The summed E-state index contributed by atoms with van der Waals surface area (Å²) in [5, 5.41) is 22.3. The minimum absolute atomic E-state index is 0.129. The zero-order valence-electron chi connectivity index (χ0n) is 15.3. The second kappa shape index (κ2) is 8.50. The van der Waals surface area contributed by atoms with E-state index in [4.69, 9.17) is 21.4 Å². The Labute approximate surface area is 171 Å². The van der Waals surface area contributed by atoms with Gasteiger partial charge in [-0.05, 0) is 30.3 Å². The molecule has 2 N–H and O–H groups in total. The normalized spacial score (nSPS) is 11.1. The van der Waals surface area contributed by atoms with Gasteiger partial charge in [0.25, 0.3) is 5.91 Å². The van der Waals surface area contributed by atoms with Crippen molar-refractivity contribution < 1.29 is 19.4 Å². The van der Waals surface area contributed by atoms with Crippen LogP contribution in [0.3, 0.4) is 0 Å². The lowest BCUT2D eigenvalue weighted by molar-refractivity contribution is -0.137. The molecule has 3 rings (SSSR count). The number of aliphatic carboxylic acids is 1. The number of nitriles is 1. The van der Waals surface area contributed by atoms with Crippen molar-refractivity contribution in [2.24, 2.45) is 0 Å². The number of carbonyl (C=O) groups is 2. The van der Waals surface area contributed by atoms with Crippen LogP contribution in [0.1, 0.15) is 5.56 Å². The number of nitrogens with zero attached hydrogens (tertiary/aromatic N) is 2. The Morgan fingerprint density at radius 3 is 2.72 bits per heavy atom. The molecule has 0 saturated heterocycles. The number of benzene rings is 2. The van der Waals surface area contributed by atoms with Gasteiger partial charge in [0.15, 0.2) is 0 Å². The number of anilines is 1. The van der Waals surface area contributed by atoms with Crippen molar-refractivity contribution in [1.82, 2.24) is 4.57 Å². The van der Waals surface area contributed by atoms with Gasteiger partial charge >= 0.3 is 5.97 Å². The molecule has 8 heteroatoms. The lowest BCUT2D eigenvalue weighted by atomic mass is 10.1. The number of rotatable bonds is 6. The SMILES string of the molecule is COc1ccc(NC(=O)C(C#N)=Cc2cn(CC(=O)O)c3ccccc23)cc1Cl. The summed E-state index contributed by atoms with van der Waals surface area (Å²) in [5.41, 5.74) is 1.55. The largest absolute Gasteiger partial charge is 0.495 e. The van der Waals surface area contributed by atoms with Crippen molar-refractivity contribution in [2.75, 3.05) is 12.4 Å². The number of halogens is 1. The molecule has 0 aliphatic rings. The quantitative estimate of drug-likeness (QED) is 0.474. The van der Waals surface area contributed by atoms with E-state index in [0.717, 1.165) is 5.39 Å². The summed E-state index contributed by atoms with van der Waals surface area (Å²) in [6.07, 6.45) is 3.04. The van der Waals surface area contributed by atoms with E-state index in [9.17, 15) is 14.9 Å². The summed E-state index contributed by atoms with van der Waals surface area (Å²) < 4.78 is 6.63. The molecule has 0 unspecified atom stereocenters. The molecule has 0 aliphatic heterocycles. The number of hydrogen-bond acceptors (Lipinski definition) is 4. The van der Waals surface area contributed by atoms with Crippen molar-refractivity contribution in [2.45, 2.75) is 6.54 Å². The van der Waals surface area contributed by atoms with Gasteiger partial charge in [0, 0.05) is 28.4 Å². The fraction of sp³-hybridized carbons (Fsp3) is 0.0952. The average molecular weight is 410 g/mol. The third-order valence-corrected chi connectivity index (χ3v) is 4.49. The molecule has 1 heterocycles. The molecule has 146 valence electrons. The molecule has 1 amide bonds. The average Bonchev–Trinajstić information content (AvgIpc) is 3.03. The summed E-state index contributed by atoms with van der Waals surface area (Å²) in [5.74, 6) is -1.13. The third kappa shape index (κ3) is 4.39. The van der Waals surface area contributed by atoms with Gasteiger partial charge < -0.3 is 19.7 Å². The third-order valence-electron chi connectivity index (χ3n) is 4.20. The number of aromatic nitrogens is 1. The van der Waals surface area contributed by atoms with Crippen LogP contribution in [0.25, 0.3) is 17.0 Å². The Morgan fingerprint density at radius 1 is 1.31 bits per heavy atom. The molecule has 0 saturated carbocycles. The first-order chi connectivity index (χ1) is 13.9. The second-order valence-corrected chi connectivity index (χ2v) is 6.50. The monoisotopic (exact) mass is 409 g/mol. The molecule has 0 bridgehead atoms. The first-order valence-corrected chi connectivity index (χ1v) is 8.87. The van der Waals surface area contributed by atoms with E-state index in [1.165, 1.54) is 19.3 Å². The molecule has 3 aromatic rings. The summed E-state index contributed by atoms with van der Waals surface area (Å²) in [6.45, 7) is -0.229. The summed E-state index contributed by atoms with van der Waals surface area (Å²) >= 11 is 6.06. The van der Waals surface area contributed by atoms with Gasteiger partial charge in [0.2, 0.25) is 0 Å². The fourth-order valence-corrected chi connectivity index (χ4v) is 3.17. The van der Waals surface area contributed by atoms with Crippen LogP contribution in [0, 0.1) is 11.3 Å². The van der Waals surface area contributed by atoms with Gasteiger partial charge in [-0.1, -0.05) is 29.8 Å². The smallest absolute Gasteiger partial charge is 0.323 e. The van der Waals surface area contributed by atoms with E-state index < -0.39 is 11.9 Å². The number of carboxylic acid groups (broad SMARTS) is 1. The van der Waals surface area contributed by atoms with E-state index in [-0.39, 0.29) is 12.1 Å². The summed E-state index contributed by atoms with van der Waals surface area (Å²) in [7, 11) is 1.48. The zero-order chi connectivity index (χ0) is 21.0. The minimum Gasteiger partial charge on any atom is -0.495 e. The van der Waals surface area contributed by atoms with Crippen LogP contribution in [-0.4, -0.2) is 28.7 Å². The number of carbonyl (C=O) groups excluding carboxylic acids is 1. The number of nitrogens with one attached hydrogen (secondary N) is 1. The van der Waals surface area contributed by atoms with Crippen LogP contribution in [0.4, 0.5) is 5.69 Å². The predicted molar refractivity (Wildman–Crippen MR) is 110 cm³/mol. The molecule has 1 aromatic heterocycles. The standard InChI is InChI=1S/C21H16ClN3O4/c1-29-19-7-6-15(9-17(19)22)24-21(28)13(10-23)8-14-11-25(12-20(26)27)18-5-3-2-4-16(14)18/h2-9,11H,12H2,1H3,(H,24,28)(H,26,27). The van der Waals surface area contributed by atoms with Gasteiger partial charge in [-0.15, -0.1) is 0 Å². The van der Waals surface area contributed by atoms with Gasteiger partial charge in [-0.3, -0.25) is 9.59 Å². The zero-order valence-corrected chi connectivity index (χ0v) is 16.1. The van der Waals surface area contributed by atoms with Gasteiger partial charge in [-0.2, -0.15) is 5.26 Å².